The minimum absolute atomic E-state index is 0.0905. The van der Waals surface area contributed by atoms with Crippen molar-refractivity contribution >= 4 is 23.5 Å². The van der Waals surface area contributed by atoms with E-state index in [-0.39, 0.29) is 12.2 Å². The Bertz CT molecular complexity index is 1080. The number of fused-ring (bicyclic) bond motifs is 1. The lowest BCUT2D eigenvalue weighted by Crippen LogP contribution is -2.31. The van der Waals surface area contributed by atoms with Crippen LogP contribution in [0, 0.1) is 0 Å². The van der Waals surface area contributed by atoms with Crippen molar-refractivity contribution in [3.8, 4) is 0 Å². The number of carbonyl (C=O) groups is 1. The molecule has 2 heterocycles. The number of benzene rings is 1. The van der Waals surface area contributed by atoms with Gasteiger partial charge in [0.25, 0.3) is 5.56 Å². The second-order valence-corrected chi connectivity index (χ2v) is 8.55. The summed E-state index contributed by atoms with van der Waals surface area (Å²) in [6.45, 7) is 13.4. The fourth-order valence-corrected chi connectivity index (χ4v) is 4.12. The second-order valence-electron chi connectivity index (χ2n) is 7.54. The van der Waals surface area contributed by atoms with E-state index >= 15 is 0 Å². The molecular weight excluding hydrogens is 410 g/mol. The van der Waals surface area contributed by atoms with Crippen molar-refractivity contribution in [1.29, 1.82) is 0 Å². The average Bonchev–Trinajstić information content (AvgIpc) is 2.75. The first-order chi connectivity index (χ1) is 14.9. The van der Waals surface area contributed by atoms with Gasteiger partial charge in [-0.2, -0.15) is 0 Å². The molecule has 0 saturated heterocycles. The molecule has 0 saturated carbocycles. The maximum atomic E-state index is 13.1. The Hall–Kier alpha value is -3.06. The molecule has 2 N–H and O–H groups in total. The third-order valence-corrected chi connectivity index (χ3v) is 5.92. The molecule has 6 nitrogen and oxygen atoms in total. The van der Waals surface area contributed by atoms with Crippen LogP contribution in [0.3, 0.4) is 0 Å². The zero-order chi connectivity index (χ0) is 22.5. The summed E-state index contributed by atoms with van der Waals surface area (Å²) >= 11 is 1.39. The first-order valence-corrected chi connectivity index (χ1v) is 11.1. The molecule has 2 aromatic rings. The summed E-state index contributed by atoms with van der Waals surface area (Å²) in [6.07, 6.45) is 3.26. The molecule has 0 unspecified atom stereocenters. The lowest BCUT2D eigenvalue weighted by atomic mass is 9.81. The van der Waals surface area contributed by atoms with Crippen molar-refractivity contribution < 1.29 is 9.53 Å². The Morgan fingerprint density at radius 3 is 2.58 bits per heavy atom. The Kier molecular flexibility index (Phi) is 7.17. The molecular formula is C24H27N3O3S. The number of allylic oxidation sites excluding steroid dienone is 1. The summed E-state index contributed by atoms with van der Waals surface area (Å²) in [5, 5.41) is 3.63. The number of anilines is 1. The van der Waals surface area contributed by atoms with Crippen LogP contribution in [-0.4, -0.2) is 28.3 Å². The van der Waals surface area contributed by atoms with Gasteiger partial charge in [-0.25, -0.2) is 9.78 Å². The quantitative estimate of drug-likeness (QED) is 0.269. The third kappa shape index (κ3) is 4.82. The molecule has 1 aliphatic heterocycles. The van der Waals surface area contributed by atoms with E-state index in [9.17, 15) is 9.59 Å². The number of esters is 1. The molecule has 1 atom stereocenters. The predicted octanol–water partition coefficient (Wildman–Crippen LogP) is 4.73. The van der Waals surface area contributed by atoms with Crippen molar-refractivity contribution in [1.82, 2.24) is 9.97 Å². The van der Waals surface area contributed by atoms with E-state index < -0.39 is 11.9 Å². The number of hydrogen-bond donors (Lipinski definition) is 2. The molecule has 162 valence electrons. The van der Waals surface area contributed by atoms with Crippen LogP contribution < -0.4 is 10.9 Å². The van der Waals surface area contributed by atoms with Gasteiger partial charge in [0, 0.05) is 11.4 Å². The molecule has 0 amide bonds. The maximum absolute atomic E-state index is 13.1. The van der Waals surface area contributed by atoms with E-state index in [2.05, 4.69) is 42.3 Å². The molecule has 3 rings (SSSR count). The van der Waals surface area contributed by atoms with Crippen molar-refractivity contribution in [2.45, 2.75) is 37.8 Å². The summed E-state index contributed by atoms with van der Waals surface area (Å²) in [7, 11) is 0. The summed E-state index contributed by atoms with van der Waals surface area (Å²) < 4.78 is 5.34. The molecule has 0 spiro atoms. The largest absolute Gasteiger partial charge is 0.458 e. The van der Waals surface area contributed by atoms with Crippen molar-refractivity contribution in [2.75, 3.05) is 17.7 Å². The Labute approximate surface area is 186 Å². The van der Waals surface area contributed by atoms with Crippen LogP contribution in [0.1, 0.15) is 49.3 Å². The number of H-pyrrole nitrogens is 1. The first-order valence-electron chi connectivity index (χ1n) is 10.1. The summed E-state index contributed by atoms with van der Waals surface area (Å²) in [4.78, 5) is 33.5. The van der Waals surface area contributed by atoms with Crippen LogP contribution >= 0.6 is 11.8 Å². The molecule has 1 aromatic carbocycles. The molecule has 31 heavy (non-hydrogen) atoms. The highest BCUT2D eigenvalue weighted by molar-refractivity contribution is 7.99. The summed E-state index contributed by atoms with van der Waals surface area (Å²) in [5.41, 5.74) is 3.12. The number of aromatic nitrogens is 2. The van der Waals surface area contributed by atoms with Gasteiger partial charge in [-0.05, 0) is 24.0 Å². The van der Waals surface area contributed by atoms with Crippen molar-refractivity contribution in [3.05, 3.63) is 87.9 Å². The van der Waals surface area contributed by atoms with Gasteiger partial charge in [-0.1, -0.05) is 68.6 Å². The SMILES string of the molecule is C=CCOC(=O)C1=C(C)Nc2nc(SCC=C)[nH]c(=O)c2[C@@H]1c1ccc(C(C)C)cc1. The number of nitrogens with zero attached hydrogens (tertiary/aromatic N) is 1. The lowest BCUT2D eigenvalue weighted by Gasteiger charge is -2.29. The minimum atomic E-state index is -0.593. The Morgan fingerprint density at radius 2 is 1.97 bits per heavy atom. The van der Waals surface area contributed by atoms with Crippen LogP contribution in [-0.2, 0) is 9.53 Å². The Morgan fingerprint density at radius 1 is 1.26 bits per heavy atom. The van der Waals surface area contributed by atoms with Crippen LogP contribution in [0.5, 0.6) is 0 Å². The van der Waals surface area contributed by atoms with Crippen molar-refractivity contribution in [2.24, 2.45) is 0 Å². The number of thioether (sulfide) groups is 1. The highest BCUT2D eigenvalue weighted by atomic mass is 32.2. The van der Waals surface area contributed by atoms with Gasteiger partial charge in [0.15, 0.2) is 5.16 Å². The molecule has 0 aliphatic carbocycles. The number of rotatable bonds is 8. The zero-order valence-corrected chi connectivity index (χ0v) is 18.8. The van der Waals surface area contributed by atoms with Crippen LogP contribution in [0.4, 0.5) is 5.82 Å². The predicted molar refractivity (Wildman–Crippen MR) is 126 cm³/mol. The maximum Gasteiger partial charge on any atom is 0.337 e. The number of aromatic amines is 1. The van der Waals surface area contributed by atoms with Crippen LogP contribution in [0.15, 0.2) is 70.8 Å². The Balaban J connectivity index is 2.16. The number of carbonyl (C=O) groups excluding carboxylic acids is 1. The highest BCUT2D eigenvalue weighted by Crippen LogP contribution is 2.40. The molecule has 7 heteroatoms. The van der Waals surface area contributed by atoms with E-state index in [4.69, 9.17) is 4.74 Å². The fraction of sp³-hybridized carbons (Fsp3) is 0.292. The smallest absolute Gasteiger partial charge is 0.337 e. The topological polar surface area (TPSA) is 84.1 Å². The van der Waals surface area contributed by atoms with E-state index in [0.29, 0.717) is 39.5 Å². The molecule has 0 bridgehead atoms. The molecule has 1 aliphatic rings. The van der Waals surface area contributed by atoms with Gasteiger partial charge >= 0.3 is 5.97 Å². The first kappa shape index (κ1) is 22.6. The van der Waals surface area contributed by atoms with E-state index in [1.54, 1.807) is 13.0 Å². The van der Waals surface area contributed by atoms with Crippen LogP contribution in [0.2, 0.25) is 0 Å². The molecule has 0 radical (unpaired) electrons. The van der Waals surface area contributed by atoms with E-state index in [1.807, 2.05) is 24.3 Å². The zero-order valence-electron chi connectivity index (χ0n) is 18.0. The number of nitrogens with one attached hydrogen (secondary N) is 2. The highest BCUT2D eigenvalue weighted by Gasteiger charge is 2.36. The monoisotopic (exact) mass is 437 g/mol. The van der Waals surface area contributed by atoms with Gasteiger partial charge in [0.1, 0.15) is 12.4 Å². The van der Waals surface area contributed by atoms with Gasteiger partial charge in [0.05, 0.1) is 17.1 Å². The second kappa shape index (κ2) is 9.83. The van der Waals surface area contributed by atoms with Gasteiger partial charge < -0.3 is 15.0 Å². The van der Waals surface area contributed by atoms with Gasteiger partial charge in [0.2, 0.25) is 0 Å². The third-order valence-electron chi connectivity index (χ3n) is 5.05. The number of ether oxygens (including phenoxy) is 1. The lowest BCUT2D eigenvalue weighted by molar-refractivity contribution is -0.138. The van der Waals surface area contributed by atoms with Gasteiger partial charge in [-0.3, -0.25) is 4.79 Å². The fourth-order valence-electron chi connectivity index (χ4n) is 3.53. The number of hydrogen-bond acceptors (Lipinski definition) is 6. The standard InChI is InChI=1S/C24H27N3O3S/c1-6-12-30-23(29)18-15(5)25-21-20(22(28)27-24(26-21)31-13-7-2)19(18)17-10-8-16(9-11-17)14(3)4/h6-11,14,19H,1-2,12-13H2,3-5H3,(H2,25,26,27,28)/t19-/m1/s1. The van der Waals surface area contributed by atoms with Gasteiger partial charge in [-0.15, -0.1) is 6.58 Å². The van der Waals surface area contributed by atoms with E-state index in [1.165, 1.54) is 23.4 Å². The minimum Gasteiger partial charge on any atom is -0.458 e. The van der Waals surface area contributed by atoms with E-state index in [0.717, 1.165) is 5.56 Å². The summed E-state index contributed by atoms with van der Waals surface area (Å²) in [6, 6.07) is 7.98. The molecule has 0 fully saturated rings. The average molecular weight is 438 g/mol. The molecule has 1 aromatic heterocycles. The normalized spacial score (nSPS) is 15.3. The van der Waals surface area contributed by atoms with Crippen molar-refractivity contribution in [3.63, 3.8) is 0 Å². The van der Waals surface area contributed by atoms with Crippen LogP contribution in [0.25, 0.3) is 0 Å². The summed E-state index contributed by atoms with van der Waals surface area (Å²) in [5.74, 6) is 0.363.